The molecular weight excluding hydrogens is 483 g/mol. The summed E-state index contributed by atoms with van der Waals surface area (Å²) in [4.78, 5) is 13.3. The van der Waals surface area contributed by atoms with E-state index >= 15 is 0 Å². The summed E-state index contributed by atoms with van der Waals surface area (Å²) in [7, 11) is -3.63. The molecule has 33 heavy (non-hydrogen) atoms. The maximum Gasteiger partial charge on any atom is 0.335 e. The summed E-state index contributed by atoms with van der Waals surface area (Å²) in [5.74, 6) is -1.21. The maximum absolute atomic E-state index is 12.7. The van der Waals surface area contributed by atoms with Gasteiger partial charge in [0.15, 0.2) is 0 Å². The minimum absolute atomic E-state index is 0.0267. The van der Waals surface area contributed by atoms with Crippen molar-refractivity contribution in [2.24, 2.45) is 5.92 Å². The van der Waals surface area contributed by atoms with Gasteiger partial charge >= 0.3 is 5.97 Å². The van der Waals surface area contributed by atoms with Crippen LogP contribution in [-0.4, -0.2) is 43.2 Å². The van der Waals surface area contributed by atoms with Crippen molar-refractivity contribution in [2.75, 3.05) is 23.6 Å². The summed E-state index contributed by atoms with van der Waals surface area (Å²) in [6, 6.07) is 21.0. The number of carboxylic acid groups (broad SMARTS) is 1. The third kappa shape index (κ3) is 5.86. The highest BCUT2D eigenvalue weighted by molar-refractivity contribution is 7.92. The molecular formula is C24H22Cl2N2O4S. The second-order valence-corrected chi connectivity index (χ2v) is 10.7. The van der Waals surface area contributed by atoms with E-state index in [1.165, 1.54) is 24.3 Å². The van der Waals surface area contributed by atoms with Gasteiger partial charge in [-0.05, 0) is 53.6 Å². The Kier molecular flexibility index (Phi) is 6.95. The molecule has 0 bridgehead atoms. The fourth-order valence-corrected chi connectivity index (χ4v) is 5.73. The third-order valence-electron chi connectivity index (χ3n) is 5.56. The van der Waals surface area contributed by atoms with E-state index in [0.717, 1.165) is 11.1 Å². The molecule has 0 saturated carbocycles. The topological polar surface area (TPSA) is 86.7 Å². The van der Waals surface area contributed by atoms with Crippen LogP contribution in [0.2, 0.25) is 10.0 Å². The van der Waals surface area contributed by atoms with Crippen LogP contribution in [0, 0.1) is 5.92 Å². The molecule has 6 nitrogen and oxygen atoms in total. The molecule has 3 aromatic carbocycles. The molecule has 0 atom stereocenters. The van der Waals surface area contributed by atoms with E-state index < -0.39 is 16.0 Å². The van der Waals surface area contributed by atoms with Gasteiger partial charge in [0.05, 0.1) is 17.4 Å². The Labute approximate surface area is 202 Å². The van der Waals surface area contributed by atoms with Crippen LogP contribution in [0.5, 0.6) is 0 Å². The predicted octanol–water partition coefficient (Wildman–Crippen LogP) is 5.15. The SMILES string of the molecule is O=C(O)c1cccc(NS(=O)(=O)CC2CN(C(c3ccc(Cl)cc3)c3ccc(Cl)cc3)C2)c1. The van der Waals surface area contributed by atoms with Gasteiger partial charge in [-0.15, -0.1) is 0 Å². The van der Waals surface area contributed by atoms with Crippen molar-refractivity contribution in [1.29, 1.82) is 0 Å². The Morgan fingerprint density at radius 3 is 2.03 bits per heavy atom. The van der Waals surface area contributed by atoms with Crippen LogP contribution in [0.3, 0.4) is 0 Å². The van der Waals surface area contributed by atoms with Crippen molar-refractivity contribution in [1.82, 2.24) is 4.90 Å². The fourth-order valence-electron chi connectivity index (χ4n) is 4.08. The Morgan fingerprint density at radius 2 is 1.52 bits per heavy atom. The minimum Gasteiger partial charge on any atom is -0.478 e. The molecule has 9 heteroatoms. The second kappa shape index (κ2) is 9.73. The van der Waals surface area contributed by atoms with Crippen molar-refractivity contribution in [3.8, 4) is 0 Å². The quantitative estimate of drug-likeness (QED) is 0.442. The fraction of sp³-hybridized carbons (Fsp3) is 0.208. The molecule has 0 amide bonds. The highest BCUT2D eigenvalue weighted by Gasteiger charge is 2.36. The number of nitrogens with zero attached hydrogens (tertiary/aromatic N) is 1. The molecule has 1 heterocycles. The van der Waals surface area contributed by atoms with Crippen LogP contribution in [-0.2, 0) is 10.0 Å². The molecule has 0 radical (unpaired) electrons. The summed E-state index contributed by atoms with van der Waals surface area (Å²) in [6.45, 7) is 1.21. The van der Waals surface area contributed by atoms with Gasteiger partial charge in [0.25, 0.3) is 0 Å². The first-order chi connectivity index (χ1) is 15.7. The van der Waals surface area contributed by atoms with E-state index in [1.807, 2.05) is 48.5 Å². The lowest BCUT2D eigenvalue weighted by Gasteiger charge is -2.44. The Balaban J connectivity index is 1.45. The van der Waals surface area contributed by atoms with Crippen LogP contribution < -0.4 is 4.72 Å². The van der Waals surface area contributed by atoms with Crippen LogP contribution in [0.4, 0.5) is 5.69 Å². The van der Waals surface area contributed by atoms with Crippen LogP contribution in [0.1, 0.15) is 27.5 Å². The van der Waals surface area contributed by atoms with E-state index in [-0.39, 0.29) is 29.0 Å². The number of carbonyl (C=O) groups is 1. The Morgan fingerprint density at radius 1 is 0.970 bits per heavy atom. The van der Waals surface area contributed by atoms with Crippen LogP contribution >= 0.6 is 23.2 Å². The number of halogens is 2. The molecule has 0 aromatic heterocycles. The molecule has 1 fully saturated rings. The van der Waals surface area contributed by atoms with E-state index in [1.54, 1.807) is 0 Å². The molecule has 0 spiro atoms. The monoisotopic (exact) mass is 504 g/mol. The summed E-state index contributed by atoms with van der Waals surface area (Å²) in [5.41, 5.74) is 2.39. The predicted molar refractivity (Wildman–Crippen MR) is 131 cm³/mol. The number of rotatable bonds is 8. The molecule has 1 aliphatic rings. The molecule has 0 aliphatic carbocycles. The lowest BCUT2D eigenvalue weighted by molar-refractivity contribution is 0.0697. The normalized spacial score (nSPS) is 14.8. The highest BCUT2D eigenvalue weighted by Crippen LogP contribution is 2.35. The highest BCUT2D eigenvalue weighted by atomic mass is 35.5. The average molecular weight is 505 g/mol. The second-order valence-electron chi connectivity index (χ2n) is 8.10. The largest absolute Gasteiger partial charge is 0.478 e. The first-order valence-corrected chi connectivity index (χ1v) is 12.7. The molecule has 172 valence electrons. The zero-order valence-corrected chi connectivity index (χ0v) is 19.8. The lowest BCUT2D eigenvalue weighted by Crippen LogP contribution is -2.51. The number of aromatic carboxylic acids is 1. The molecule has 1 aliphatic heterocycles. The van der Waals surface area contributed by atoms with Crippen molar-refractivity contribution in [3.63, 3.8) is 0 Å². The third-order valence-corrected chi connectivity index (χ3v) is 7.52. The van der Waals surface area contributed by atoms with Gasteiger partial charge < -0.3 is 5.11 Å². The van der Waals surface area contributed by atoms with Gasteiger partial charge in [-0.2, -0.15) is 0 Å². The molecule has 2 N–H and O–H groups in total. The standard InChI is InChI=1S/C24H22Cl2N2O4S/c25-20-8-4-17(5-9-20)23(18-6-10-21(26)11-7-18)28-13-16(14-28)15-33(31,32)27-22-3-1-2-19(12-22)24(29)30/h1-12,16,23,27H,13-15H2,(H,29,30). The van der Waals surface area contributed by atoms with E-state index in [2.05, 4.69) is 9.62 Å². The number of hydrogen-bond acceptors (Lipinski definition) is 4. The number of sulfonamides is 1. The summed E-state index contributed by atoms with van der Waals surface area (Å²) in [5, 5.41) is 10.4. The van der Waals surface area contributed by atoms with Gasteiger partial charge in [-0.1, -0.05) is 53.5 Å². The van der Waals surface area contributed by atoms with Gasteiger partial charge in [0.2, 0.25) is 10.0 Å². The molecule has 0 unspecified atom stereocenters. The minimum atomic E-state index is -3.63. The Bertz CT molecular complexity index is 1200. The first-order valence-electron chi connectivity index (χ1n) is 10.3. The number of likely N-dealkylation sites (tertiary alicyclic amines) is 1. The van der Waals surface area contributed by atoms with Gasteiger partial charge in [-0.25, -0.2) is 13.2 Å². The van der Waals surface area contributed by atoms with Gasteiger partial charge in [0, 0.05) is 34.7 Å². The van der Waals surface area contributed by atoms with Crippen molar-refractivity contribution >= 4 is 44.9 Å². The molecule has 4 rings (SSSR count). The number of hydrogen-bond donors (Lipinski definition) is 2. The van der Waals surface area contributed by atoms with Crippen molar-refractivity contribution in [3.05, 3.63) is 99.5 Å². The smallest absolute Gasteiger partial charge is 0.335 e. The zero-order chi connectivity index (χ0) is 23.6. The van der Waals surface area contributed by atoms with Crippen LogP contribution in [0.25, 0.3) is 0 Å². The average Bonchev–Trinajstić information content (AvgIpc) is 2.74. The summed E-state index contributed by atoms with van der Waals surface area (Å²) in [6.07, 6.45) is 0. The van der Waals surface area contributed by atoms with E-state index in [0.29, 0.717) is 23.1 Å². The number of anilines is 1. The van der Waals surface area contributed by atoms with Crippen LogP contribution in [0.15, 0.2) is 72.8 Å². The summed E-state index contributed by atoms with van der Waals surface area (Å²) < 4.78 is 27.8. The summed E-state index contributed by atoms with van der Waals surface area (Å²) >= 11 is 12.1. The zero-order valence-electron chi connectivity index (χ0n) is 17.5. The number of nitrogens with one attached hydrogen (secondary N) is 1. The first kappa shape index (κ1) is 23.6. The van der Waals surface area contributed by atoms with E-state index in [9.17, 15) is 13.2 Å². The molecule has 3 aromatic rings. The Hall–Kier alpha value is -2.58. The lowest BCUT2D eigenvalue weighted by atomic mass is 9.91. The maximum atomic E-state index is 12.7. The van der Waals surface area contributed by atoms with Crippen molar-refractivity contribution in [2.45, 2.75) is 6.04 Å². The van der Waals surface area contributed by atoms with Crippen molar-refractivity contribution < 1.29 is 18.3 Å². The van der Waals surface area contributed by atoms with Gasteiger partial charge in [-0.3, -0.25) is 9.62 Å². The molecule has 1 saturated heterocycles. The van der Waals surface area contributed by atoms with E-state index in [4.69, 9.17) is 28.3 Å². The number of carboxylic acids is 1. The number of benzene rings is 3. The van der Waals surface area contributed by atoms with Gasteiger partial charge in [0.1, 0.15) is 0 Å².